The van der Waals surface area contributed by atoms with Gasteiger partial charge in [-0.15, -0.1) is 6.58 Å². The third kappa shape index (κ3) is 3.71. The van der Waals surface area contributed by atoms with Gasteiger partial charge in [0.25, 0.3) is 0 Å². The van der Waals surface area contributed by atoms with Crippen molar-refractivity contribution >= 4 is 11.6 Å². The van der Waals surface area contributed by atoms with E-state index in [9.17, 15) is 0 Å². The standard InChI is InChI=1S/C18H20ClN/c1-12(2)5-6-15-9-17(11-20-14(15)4)16-7-13(3)8-18(19)10-16/h7-11H,1,5-6H2,2-4H3. The quantitative estimate of drug-likeness (QED) is 0.673. The molecule has 20 heavy (non-hydrogen) atoms. The second-order valence-electron chi connectivity index (χ2n) is 5.44. The lowest BCUT2D eigenvalue weighted by Crippen LogP contribution is -1.95. The van der Waals surface area contributed by atoms with Crippen molar-refractivity contribution in [3.05, 3.63) is 64.5 Å². The van der Waals surface area contributed by atoms with Crippen molar-refractivity contribution in [2.24, 2.45) is 0 Å². The van der Waals surface area contributed by atoms with E-state index in [4.69, 9.17) is 11.6 Å². The summed E-state index contributed by atoms with van der Waals surface area (Å²) in [6.07, 6.45) is 3.91. The van der Waals surface area contributed by atoms with Gasteiger partial charge in [-0.2, -0.15) is 0 Å². The first kappa shape index (κ1) is 14.8. The van der Waals surface area contributed by atoms with Crippen molar-refractivity contribution < 1.29 is 0 Å². The number of rotatable bonds is 4. The van der Waals surface area contributed by atoms with Crippen LogP contribution >= 0.6 is 11.6 Å². The van der Waals surface area contributed by atoms with Crippen LogP contribution in [0.1, 0.15) is 30.2 Å². The minimum atomic E-state index is 0.768. The molecule has 104 valence electrons. The highest BCUT2D eigenvalue weighted by Gasteiger charge is 2.06. The largest absolute Gasteiger partial charge is 0.261 e. The molecule has 1 nitrogen and oxygen atoms in total. The van der Waals surface area contributed by atoms with Crippen LogP contribution in [0.15, 0.2) is 42.6 Å². The smallest absolute Gasteiger partial charge is 0.0414 e. The zero-order valence-corrected chi connectivity index (χ0v) is 13.1. The van der Waals surface area contributed by atoms with E-state index in [1.54, 1.807) is 0 Å². The van der Waals surface area contributed by atoms with Gasteiger partial charge >= 0.3 is 0 Å². The Bertz CT molecular complexity index is 624. The molecule has 0 bridgehead atoms. The van der Waals surface area contributed by atoms with Crippen LogP contribution in [-0.2, 0) is 6.42 Å². The van der Waals surface area contributed by atoms with Crippen molar-refractivity contribution in [3.63, 3.8) is 0 Å². The van der Waals surface area contributed by atoms with Crippen LogP contribution in [0.5, 0.6) is 0 Å². The summed E-state index contributed by atoms with van der Waals surface area (Å²) < 4.78 is 0. The molecule has 0 spiro atoms. The first-order chi connectivity index (χ1) is 9.45. The molecule has 0 atom stereocenters. The maximum atomic E-state index is 6.14. The molecular formula is C18H20ClN. The van der Waals surface area contributed by atoms with Gasteiger partial charge in [-0.3, -0.25) is 4.98 Å². The normalized spacial score (nSPS) is 10.6. The van der Waals surface area contributed by atoms with Crippen LogP contribution in [0.4, 0.5) is 0 Å². The summed E-state index contributed by atoms with van der Waals surface area (Å²) in [7, 11) is 0. The van der Waals surface area contributed by atoms with Crippen LogP contribution in [-0.4, -0.2) is 4.98 Å². The number of aromatic nitrogens is 1. The molecule has 0 aliphatic rings. The molecule has 0 saturated heterocycles. The second kappa shape index (κ2) is 6.23. The Morgan fingerprint density at radius 3 is 2.55 bits per heavy atom. The van der Waals surface area contributed by atoms with Gasteiger partial charge in [0, 0.05) is 22.5 Å². The van der Waals surface area contributed by atoms with E-state index in [1.165, 1.54) is 11.1 Å². The minimum Gasteiger partial charge on any atom is -0.261 e. The minimum absolute atomic E-state index is 0.768. The van der Waals surface area contributed by atoms with E-state index in [0.717, 1.165) is 40.2 Å². The zero-order valence-electron chi connectivity index (χ0n) is 12.3. The number of hydrogen-bond donors (Lipinski definition) is 0. The fourth-order valence-electron chi connectivity index (χ4n) is 2.24. The first-order valence-corrected chi connectivity index (χ1v) is 7.21. The van der Waals surface area contributed by atoms with Gasteiger partial charge in [0.1, 0.15) is 0 Å². The lowest BCUT2D eigenvalue weighted by molar-refractivity contribution is 0.920. The van der Waals surface area contributed by atoms with Gasteiger partial charge in [-0.05, 0) is 68.5 Å². The molecule has 0 aliphatic carbocycles. The van der Waals surface area contributed by atoms with Crippen molar-refractivity contribution in [1.82, 2.24) is 4.98 Å². The zero-order chi connectivity index (χ0) is 14.7. The Balaban J connectivity index is 2.37. The molecule has 2 rings (SSSR count). The highest BCUT2D eigenvalue weighted by Crippen LogP contribution is 2.26. The maximum absolute atomic E-state index is 6.14. The predicted octanol–water partition coefficient (Wildman–Crippen LogP) is 5.53. The van der Waals surface area contributed by atoms with Gasteiger partial charge in [0.2, 0.25) is 0 Å². The van der Waals surface area contributed by atoms with Crippen LogP contribution in [0.3, 0.4) is 0 Å². The summed E-state index contributed by atoms with van der Waals surface area (Å²) in [6.45, 7) is 10.1. The Hall–Kier alpha value is -1.60. The molecule has 0 saturated carbocycles. The first-order valence-electron chi connectivity index (χ1n) is 6.83. The van der Waals surface area contributed by atoms with Crippen LogP contribution in [0.2, 0.25) is 5.02 Å². The van der Waals surface area contributed by atoms with Crippen LogP contribution in [0, 0.1) is 13.8 Å². The van der Waals surface area contributed by atoms with Gasteiger partial charge in [0.15, 0.2) is 0 Å². The van der Waals surface area contributed by atoms with Gasteiger partial charge < -0.3 is 0 Å². The van der Waals surface area contributed by atoms with Crippen LogP contribution in [0.25, 0.3) is 11.1 Å². The van der Waals surface area contributed by atoms with E-state index in [0.29, 0.717) is 0 Å². The molecule has 0 amide bonds. The van der Waals surface area contributed by atoms with E-state index < -0.39 is 0 Å². The number of hydrogen-bond acceptors (Lipinski definition) is 1. The third-order valence-electron chi connectivity index (χ3n) is 3.39. The number of aryl methyl sites for hydroxylation is 3. The number of pyridine rings is 1. The predicted molar refractivity (Wildman–Crippen MR) is 87.3 cm³/mol. The summed E-state index contributed by atoms with van der Waals surface area (Å²) in [4.78, 5) is 4.52. The summed E-state index contributed by atoms with van der Waals surface area (Å²) in [6, 6.07) is 8.31. The Labute approximate surface area is 126 Å². The maximum Gasteiger partial charge on any atom is 0.0414 e. The molecule has 2 aromatic rings. The lowest BCUT2D eigenvalue weighted by atomic mass is 9.99. The molecule has 0 unspecified atom stereocenters. The Kier molecular flexibility index (Phi) is 4.61. The molecule has 0 aliphatic heterocycles. The molecule has 2 heteroatoms. The van der Waals surface area contributed by atoms with Gasteiger partial charge in [-0.1, -0.05) is 23.2 Å². The molecule has 1 heterocycles. The molecular weight excluding hydrogens is 266 g/mol. The molecule has 0 fully saturated rings. The van der Waals surface area contributed by atoms with Crippen molar-refractivity contribution in [3.8, 4) is 11.1 Å². The Morgan fingerprint density at radius 1 is 1.15 bits per heavy atom. The third-order valence-corrected chi connectivity index (χ3v) is 3.61. The highest BCUT2D eigenvalue weighted by molar-refractivity contribution is 6.30. The lowest BCUT2D eigenvalue weighted by Gasteiger charge is -2.09. The van der Waals surface area contributed by atoms with E-state index in [1.807, 2.05) is 18.3 Å². The SMILES string of the molecule is C=C(C)CCc1cc(-c2cc(C)cc(Cl)c2)cnc1C. The number of allylic oxidation sites excluding steroid dienone is 1. The van der Waals surface area contributed by atoms with E-state index in [-0.39, 0.29) is 0 Å². The number of halogens is 1. The fourth-order valence-corrected chi connectivity index (χ4v) is 2.53. The molecule has 1 aromatic heterocycles. The van der Waals surface area contributed by atoms with Crippen molar-refractivity contribution in [1.29, 1.82) is 0 Å². The van der Waals surface area contributed by atoms with E-state index in [2.05, 4.69) is 44.5 Å². The van der Waals surface area contributed by atoms with Gasteiger partial charge in [-0.25, -0.2) is 0 Å². The summed E-state index contributed by atoms with van der Waals surface area (Å²) in [5, 5.41) is 0.768. The average Bonchev–Trinajstić information content (AvgIpc) is 2.36. The van der Waals surface area contributed by atoms with Crippen molar-refractivity contribution in [2.75, 3.05) is 0 Å². The monoisotopic (exact) mass is 285 g/mol. The summed E-state index contributed by atoms with van der Waals surface area (Å²) in [5.41, 5.74) is 6.99. The Morgan fingerprint density at radius 2 is 1.90 bits per heavy atom. The average molecular weight is 286 g/mol. The van der Waals surface area contributed by atoms with Gasteiger partial charge in [0.05, 0.1) is 0 Å². The van der Waals surface area contributed by atoms with Crippen LogP contribution < -0.4 is 0 Å². The topological polar surface area (TPSA) is 12.9 Å². The second-order valence-corrected chi connectivity index (χ2v) is 5.88. The fraction of sp³-hybridized carbons (Fsp3) is 0.278. The number of benzene rings is 1. The molecule has 0 radical (unpaired) electrons. The molecule has 0 N–H and O–H groups in total. The van der Waals surface area contributed by atoms with E-state index >= 15 is 0 Å². The highest BCUT2D eigenvalue weighted by atomic mass is 35.5. The summed E-state index contributed by atoms with van der Waals surface area (Å²) >= 11 is 6.14. The molecule has 1 aromatic carbocycles. The summed E-state index contributed by atoms with van der Waals surface area (Å²) in [5.74, 6) is 0. The number of nitrogens with zero attached hydrogens (tertiary/aromatic N) is 1. The van der Waals surface area contributed by atoms with Crippen molar-refractivity contribution in [2.45, 2.75) is 33.6 Å².